The molecule has 0 spiro atoms. The molecule has 0 aliphatic carbocycles. The lowest BCUT2D eigenvalue weighted by Gasteiger charge is -2.36. The highest BCUT2D eigenvalue weighted by atomic mass is 16.5. The molecule has 0 aromatic carbocycles. The molecular formula is C20H34N6O2. The summed E-state index contributed by atoms with van der Waals surface area (Å²) in [6.45, 7) is 11.1. The number of carbonyl (C=O) groups excluding carboxylic acids is 1. The summed E-state index contributed by atoms with van der Waals surface area (Å²) in [7, 11) is 0. The molecule has 3 heterocycles. The van der Waals surface area contributed by atoms with Gasteiger partial charge in [-0.25, -0.2) is 0 Å². The number of piperidine rings is 1. The highest BCUT2D eigenvalue weighted by Crippen LogP contribution is 2.17. The maximum atomic E-state index is 12.5. The second kappa shape index (κ2) is 10.5. The van der Waals surface area contributed by atoms with E-state index < -0.39 is 0 Å². The van der Waals surface area contributed by atoms with Crippen LogP contribution in [0.15, 0.2) is 21.8 Å². The summed E-state index contributed by atoms with van der Waals surface area (Å²) in [6, 6.07) is 2.29. The Morgan fingerprint density at radius 1 is 1.29 bits per heavy atom. The Balaban J connectivity index is 1.46. The van der Waals surface area contributed by atoms with Gasteiger partial charge in [-0.15, -0.1) is 0 Å². The van der Waals surface area contributed by atoms with Crippen LogP contribution in [0.2, 0.25) is 0 Å². The molecule has 1 aromatic rings. The van der Waals surface area contributed by atoms with Crippen molar-refractivity contribution in [1.82, 2.24) is 25.2 Å². The van der Waals surface area contributed by atoms with Crippen molar-refractivity contribution in [2.45, 2.75) is 52.1 Å². The van der Waals surface area contributed by atoms with Gasteiger partial charge in [0.2, 0.25) is 5.91 Å². The Hall–Kier alpha value is -2.09. The van der Waals surface area contributed by atoms with E-state index >= 15 is 0 Å². The zero-order chi connectivity index (χ0) is 19.8. The van der Waals surface area contributed by atoms with E-state index in [1.807, 2.05) is 11.0 Å². The molecular weight excluding hydrogens is 356 g/mol. The number of rotatable bonds is 6. The lowest BCUT2D eigenvalue weighted by atomic mass is 10.0. The van der Waals surface area contributed by atoms with Crippen molar-refractivity contribution >= 4 is 11.9 Å². The summed E-state index contributed by atoms with van der Waals surface area (Å²) in [5.74, 6) is 1.16. The van der Waals surface area contributed by atoms with Crippen molar-refractivity contribution in [2.75, 3.05) is 45.8 Å². The monoisotopic (exact) mass is 390 g/mol. The first-order valence-corrected chi connectivity index (χ1v) is 10.6. The fourth-order valence-electron chi connectivity index (χ4n) is 3.96. The molecule has 2 aliphatic heterocycles. The van der Waals surface area contributed by atoms with E-state index in [0.717, 1.165) is 70.3 Å². The van der Waals surface area contributed by atoms with Gasteiger partial charge in [-0.2, -0.15) is 0 Å². The summed E-state index contributed by atoms with van der Waals surface area (Å²) in [5.41, 5.74) is 0.972. The molecule has 2 fully saturated rings. The molecule has 0 bridgehead atoms. The average molecular weight is 391 g/mol. The van der Waals surface area contributed by atoms with Crippen molar-refractivity contribution in [3.05, 3.63) is 18.0 Å². The van der Waals surface area contributed by atoms with Gasteiger partial charge in [0, 0.05) is 64.3 Å². The topological polar surface area (TPSA) is 77.2 Å². The summed E-state index contributed by atoms with van der Waals surface area (Å²) < 4.78 is 4.91. The van der Waals surface area contributed by atoms with E-state index in [9.17, 15) is 4.79 Å². The first-order valence-electron chi connectivity index (χ1n) is 10.6. The van der Waals surface area contributed by atoms with Crippen LogP contribution in [0.4, 0.5) is 0 Å². The zero-order valence-corrected chi connectivity index (χ0v) is 17.3. The number of amides is 1. The molecule has 0 radical (unpaired) electrons. The fraction of sp³-hybridized carbons (Fsp3) is 0.750. The molecule has 156 valence electrons. The maximum absolute atomic E-state index is 12.5. The van der Waals surface area contributed by atoms with Crippen LogP contribution < -0.4 is 5.32 Å². The minimum atomic E-state index is 0.240. The van der Waals surface area contributed by atoms with Crippen LogP contribution in [0.5, 0.6) is 0 Å². The summed E-state index contributed by atoms with van der Waals surface area (Å²) in [4.78, 5) is 24.0. The summed E-state index contributed by atoms with van der Waals surface area (Å²) in [6.07, 6.45) is 5.59. The molecule has 0 saturated carbocycles. The van der Waals surface area contributed by atoms with Crippen molar-refractivity contribution in [1.29, 1.82) is 0 Å². The SMILES string of the molecule is CCNC(=NCCC(=O)N1CCCCC1C)N1CCN(Cc2ccon2)CC1. The smallest absolute Gasteiger partial charge is 0.224 e. The lowest BCUT2D eigenvalue weighted by molar-refractivity contribution is -0.134. The number of aliphatic imine (C=N–C) groups is 1. The number of hydrogen-bond acceptors (Lipinski definition) is 5. The van der Waals surface area contributed by atoms with Gasteiger partial charge >= 0.3 is 0 Å². The van der Waals surface area contributed by atoms with Crippen LogP contribution in [-0.2, 0) is 11.3 Å². The predicted octanol–water partition coefficient (Wildman–Crippen LogP) is 1.55. The standard InChI is InChI=1S/C20H34N6O2/c1-3-21-20(22-9-7-19(27)26-10-5-4-6-17(26)2)25-13-11-24(12-14-25)16-18-8-15-28-23-18/h8,15,17H,3-7,9-14,16H2,1-2H3,(H,21,22). The lowest BCUT2D eigenvalue weighted by Crippen LogP contribution is -2.52. The number of likely N-dealkylation sites (tertiary alicyclic amines) is 1. The maximum Gasteiger partial charge on any atom is 0.224 e. The van der Waals surface area contributed by atoms with Crippen LogP contribution in [0, 0.1) is 0 Å². The van der Waals surface area contributed by atoms with Gasteiger partial charge in [-0.05, 0) is 33.1 Å². The van der Waals surface area contributed by atoms with Crippen molar-refractivity contribution in [2.24, 2.45) is 4.99 Å². The normalized spacial score (nSPS) is 21.8. The number of carbonyl (C=O) groups is 1. The molecule has 1 N–H and O–H groups in total. The molecule has 1 aromatic heterocycles. The van der Waals surface area contributed by atoms with Crippen LogP contribution in [0.1, 0.15) is 45.2 Å². The van der Waals surface area contributed by atoms with E-state index in [1.165, 1.54) is 6.42 Å². The zero-order valence-electron chi connectivity index (χ0n) is 17.3. The van der Waals surface area contributed by atoms with Crippen molar-refractivity contribution in [3.8, 4) is 0 Å². The minimum absolute atomic E-state index is 0.240. The van der Waals surface area contributed by atoms with E-state index in [2.05, 4.69) is 34.1 Å². The summed E-state index contributed by atoms with van der Waals surface area (Å²) >= 11 is 0. The third-order valence-corrected chi connectivity index (χ3v) is 5.59. The molecule has 28 heavy (non-hydrogen) atoms. The van der Waals surface area contributed by atoms with Gasteiger partial charge in [-0.1, -0.05) is 5.16 Å². The Bertz CT molecular complexity index is 625. The Labute approximate surface area is 167 Å². The van der Waals surface area contributed by atoms with Crippen LogP contribution in [0.3, 0.4) is 0 Å². The van der Waals surface area contributed by atoms with E-state index in [1.54, 1.807) is 6.26 Å². The van der Waals surface area contributed by atoms with Crippen molar-refractivity contribution < 1.29 is 9.32 Å². The number of piperazine rings is 1. The van der Waals surface area contributed by atoms with E-state index in [4.69, 9.17) is 9.52 Å². The van der Waals surface area contributed by atoms with Gasteiger partial charge in [0.25, 0.3) is 0 Å². The van der Waals surface area contributed by atoms with Gasteiger partial charge in [-0.3, -0.25) is 14.7 Å². The minimum Gasteiger partial charge on any atom is -0.364 e. The average Bonchev–Trinajstić information content (AvgIpc) is 3.21. The Kier molecular flexibility index (Phi) is 7.71. The van der Waals surface area contributed by atoms with Crippen LogP contribution in [-0.4, -0.2) is 83.6 Å². The van der Waals surface area contributed by atoms with Gasteiger partial charge in [0.05, 0.1) is 12.2 Å². The molecule has 8 nitrogen and oxygen atoms in total. The first-order chi connectivity index (χ1) is 13.7. The van der Waals surface area contributed by atoms with E-state index in [0.29, 0.717) is 19.0 Å². The number of hydrogen-bond donors (Lipinski definition) is 1. The first kappa shape index (κ1) is 20.6. The Morgan fingerprint density at radius 2 is 2.11 bits per heavy atom. The number of guanidine groups is 1. The van der Waals surface area contributed by atoms with Gasteiger partial charge in [0.15, 0.2) is 5.96 Å². The molecule has 1 unspecified atom stereocenters. The second-order valence-corrected chi connectivity index (χ2v) is 7.67. The second-order valence-electron chi connectivity index (χ2n) is 7.67. The third-order valence-electron chi connectivity index (χ3n) is 5.59. The van der Waals surface area contributed by atoms with E-state index in [-0.39, 0.29) is 5.91 Å². The largest absolute Gasteiger partial charge is 0.364 e. The third kappa shape index (κ3) is 5.70. The number of nitrogens with zero attached hydrogens (tertiary/aromatic N) is 5. The quantitative estimate of drug-likeness (QED) is 0.587. The highest BCUT2D eigenvalue weighted by Gasteiger charge is 2.23. The number of aromatic nitrogens is 1. The molecule has 3 rings (SSSR count). The fourth-order valence-corrected chi connectivity index (χ4v) is 3.96. The number of nitrogens with one attached hydrogen (secondary N) is 1. The molecule has 1 atom stereocenters. The molecule has 2 aliphatic rings. The Morgan fingerprint density at radius 3 is 2.79 bits per heavy atom. The predicted molar refractivity (Wildman–Crippen MR) is 109 cm³/mol. The highest BCUT2D eigenvalue weighted by molar-refractivity contribution is 5.81. The van der Waals surface area contributed by atoms with Crippen LogP contribution >= 0.6 is 0 Å². The van der Waals surface area contributed by atoms with Gasteiger partial charge < -0.3 is 19.6 Å². The molecule has 2 saturated heterocycles. The molecule has 8 heteroatoms. The molecule has 1 amide bonds. The summed E-state index contributed by atoms with van der Waals surface area (Å²) in [5, 5.41) is 7.37. The van der Waals surface area contributed by atoms with Crippen LogP contribution in [0.25, 0.3) is 0 Å². The van der Waals surface area contributed by atoms with Crippen molar-refractivity contribution in [3.63, 3.8) is 0 Å². The van der Waals surface area contributed by atoms with Gasteiger partial charge in [0.1, 0.15) is 6.26 Å².